The van der Waals surface area contributed by atoms with Crippen LogP contribution in [0.25, 0.3) is 23.1 Å². The van der Waals surface area contributed by atoms with Crippen molar-refractivity contribution in [1.29, 1.82) is 0 Å². The Bertz CT molecular complexity index is 978. The fourth-order valence-electron chi connectivity index (χ4n) is 4.19. The van der Waals surface area contributed by atoms with Crippen LogP contribution in [0.4, 0.5) is 5.82 Å². The maximum atomic E-state index is 5.91. The predicted molar refractivity (Wildman–Crippen MR) is 123 cm³/mol. The van der Waals surface area contributed by atoms with Crippen LogP contribution in [0.2, 0.25) is 0 Å². The SMILES string of the molecule is Cc1ccc(/C=C/c2nc(NCC3CCCC(CN)C3)c3ccccc3n2)cc1. The Labute approximate surface area is 173 Å². The second-order valence-corrected chi connectivity index (χ2v) is 8.21. The van der Waals surface area contributed by atoms with E-state index in [1.165, 1.54) is 31.2 Å². The van der Waals surface area contributed by atoms with Crippen molar-refractivity contribution in [3.63, 3.8) is 0 Å². The van der Waals surface area contributed by atoms with Gasteiger partial charge in [0.1, 0.15) is 5.82 Å². The first-order valence-corrected chi connectivity index (χ1v) is 10.7. The molecule has 0 amide bonds. The second kappa shape index (κ2) is 9.19. The van der Waals surface area contributed by atoms with Gasteiger partial charge in [-0.3, -0.25) is 0 Å². The van der Waals surface area contributed by atoms with Crippen LogP contribution in [0.3, 0.4) is 0 Å². The molecule has 29 heavy (non-hydrogen) atoms. The van der Waals surface area contributed by atoms with E-state index in [1.807, 2.05) is 18.2 Å². The minimum Gasteiger partial charge on any atom is -0.369 e. The van der Waals surface area contributed by atoms with Crippen molar-refractivity contribution < 1.29 is 0 Å². The van der Waals surface area contributed by atoms with Crippen LogP contribution in [0.1, 0.15) is 42.6 Å². The van der Waals surface area contributed by atoms with E-state index >= 15 is 0 Å². The summed E-state index contributed by atoms with van der Waals surface area (Å²) < 4.78 is 0. The Kier molecular flexibility index (Phi) is 6.20. The molecule has 1 aliphatic carbocycles. The Morgan fingerprint density at radius 2 is 1.79 bits per heavy atom. The molecule has 2 unspecified atom stereocenters. The maximum absolute atomic E-state index is 5.91. The lowest BCUT2D eigenvalue weighted by Crippen LogP contribution is -2.26. The summed E-state index contributed by atoms with van der Waals surface area (Å²) in [5.74, 6) is 2.99. The zero-order chi connectivity index (χ0) is 20.1. The van der Waals surface area contributed by atoms with E-state index in [1.54, 1.807) is 0 Å². The summed E-state index contributed by atoms with van der Waals surface area (Å²) in [4.78, 5) is 9.56. The first kappa shape index (κ1) is 19.6. The quantitative estimate of drug-likeness (QED) is 0.604. The Balaban J connectivity index is 1.55. The van der Waals surface area contributed by atoms with Crippen LogP contribution in [-0.2, 0) is 0 Å². The predicted octanol–water partition coefficient (Wildman–Crippen LogP) is 5.29. The van der Waals surface area contributed by atoms with Gasteiger partial charge in [0.2, 0.25) is 0 Å². The Morgan fingerprint density at radius 1 is 1.00 bits per heavy atom. The van der Waals surface area contributed by atoms with Gasteiger partial charge in [-0.25, -0.2) is 9.97 Å². The highest BCUT2D eigenvalue weighted by Gasteiger charge is 2.21. The van der Waals surface area contributed by atoms with E-state index in [0.717, 1.165) is 41.2 Å². The number of benzene rings is 2. The normalized spacial score (nSPS) is 19.7. The highest BCUT2D eigenvalue weighted by atomic mass is 15.0. The lowest BCUT2D eigenvalue weighted by Gasteiger charge is -2.28. The van der Waals surface area contributed by atoms with E-state index in [0.29, 0.717) is 11.8 Å². The van der Waals surface area contributed by atoms with E-state index in [9.17, 15) is 0 Å². The van der Waals surface area contributed by atoms with Crippen LogP contribution in [0.5, 0.6) is 0 Å². The molecule has 2 atom stereocenters. The molecule has 4 rings (SSSR count). The van der Waals surface area contributed by atoms with E-state index in [4.69, 9.17) is 15.7 Å². The number of nitrogens with one attached hydrogen (secondary N) is 1. The van der Waals surface area contributed by atoms with E-state index in [-0.39, 0.29) is 0 Å². The number of rotatable bonds is 6. The molecule has 4 heteroatoms. The van der Waals surface area contributed by atoms with Gasteiger partial charge < -0.3 is 11.1 Å². The van der Waals surface area contributed by atoms with Gasteiger partial charge in [0, 0.05) is 11.9 Å². The maximum Gasteiger partial charge on any atom is 0.154 e. The van der Waals surface area contributed by atoms with E-state index in [2.05, 4.69) is 54.7 Å². The van der Waals surface area contributed by atoms with Gasteiger partial charge in [0.15, 0.2) is 5.82 Å². The lowest BCUT2D eigenvalue weighted by atomic mass is 9.81. The monoisotopic (exact) mass is 386 g/mol. The standard InChI is InChI=1S/C25H30N4/c1-18-9-11-19(12-10-18)13-14-24-28-23-8-3-2-7-22(23)25(29-24)27-17-21-6-4-5-20(15-21)16-26/h2-3,7-14,20-21H,4-6,15-17,26H2,1H3,(H,27,28,29)/b14-13+. The average Bonchev–Trinajstić information content (AvgIpc) is 2.77. The molecular weight excluding hydrogens is 356 g/mol. The molecule has 1 heterocycles. The van der Waals surface area contributed by atoms with Crippen molar-refractivity contribution in [2.45, 2.75) is 32.6 Å². The molecule has 0 bridgehead atoms. The minimum absolute atomic E-state index is 0.664. The zero-order valence-corrected chi connectivity index (χ0v) is 17.1. The summed E-state index contributed by atoms with van der Waals surface area (Å²) in [5.41, 5.74) is 9.29. The summed E-state index contributed by atoms with van der Waals surface area (Å²) in [6.07, 6.45) is 9.10. The number of hydrogen-bond acceptors (Lipinski definition) is 4. The van der Waals surface area contributed by atoms with Crippen LogP contribution in [0, 0.1) is 18.8 Å². The number of hydrogen-bond donors (Lipinski definition) is 2. The number of nitrogens with two attached hydrogens (primary N) is 1. The van der Waals surface area contributed by atoms with Crippen molar-refractivity contribution in [2.75, 3.05) is 18.4 Å². The first-order chi connectivity index (χ1) is 14.2. The molecule has 1 fully saturated rings. The number of fused-ring (bicyclic) bond motifs is 1. The molecular formula is C25H30N4. The second-order valence-electron chi connectivity index (χ2n) is 8.21. The molecule has 3 aromatic rings. The molecule has 150 valence electrons. The third kappa shape index (κ3) is 5.01. The van der Waals surface area contributed by atoms with Crippen molar-refractivity contribution >= 4 is 28.9 Å². The number of anilines is 1. The molecule has 0 saturated heterocycles. The molecule has 1 aliphatic rings. The molecule has 0 aliphatic heterocycles. The fourth-order valence-corrected chi connectivity index (χ4v) is 4.19. The summed E-state index contributed by atoms with van der Waals surface area (Å²) in [5, 5.41) is 4.70. The van der Waals surface area contributed by atoms with Crippen molar-refractivity contribution in [2.24, 2.45) is 17.6 Å². The van der Waals surface area contributed by atoms with Crippen LogP contribution >= 0.6 is 0 Å². The number of nitrogens with zero attached hydrogens (tertiary/aromatic N) is 2. The Morgan fingerprint density at radius 3 is 2.62 bits per heavy atom. The van der Waals surface area contributed by atoms with Gasteiger partial charge in [-0.1, -0.05) is 54.5 Å². The molecule has 2 aromatic carbocycles. The molecule has 1 saturated carbocycles. The van der Waals surface area contributed by atoms with Crippen LogP contribution < -0.4 is 11.1 Å². The Hall–Kier alpha value is -2.72. The minimum atomic E-state index is 0.664. The summed E-state index contributed by atoms with van der Waals surface area (Å²) in [6.45, 7) is 3.85. The number of aryl methyl sites for hydroxylation is 1. The van der Waals surface area contributed by atoms with Gasteiger partial charge >= 0.3 is 0 Å². The number of para-hydroxylation sites is 1. The molecule has 0 spiro atoms. The topological polar surface area (TPSA) is 63.8 Å². The van der Waals surface area contributed by atoms with Gasteiger partial charge in [-0.15, -0.1) is 0 Å². The van der Waals surface area contributed by atoms with Gasteiger partial charge in [-0.05, 0) is 68.3 Å². The molecule has 4 nitrogen and oxygen atoms in total. The number of aromatic nitrogens is 2. The van der Waals surface area contributed by atoms with Crippen LogP contribution in [0.15, 0.2) is 48.5 Å². The summed E-state index contributed by atoms with van der Waals surface area (Å²) in [6, 6.07) is 16.7. The summed E-state index contributed by atoms with van der Waals surface area (Å²) >= 11 is 0. The van der Waals surface area contributed by atoms with Crippen LogP contribution in [-0.4, -0.2) is 23.1 Å². The van der Waals surface area contributed by atoms with Gasteiger partial charge in [0.05, 0.1) is 5.52 Å². The molecule has 3 N–H and O–H groups in total. The largest absolute Gasteiger partial charge is 0.369 e. The van der Waals surface area contributed by atoms with Gasteiger partial charge in [-0.2, -0.15) is 0 Å². The lowest BCUT2D eigenvalue weighted by molar-refractivity contribution is 0.281. The van der Waals surface area contributed by atoms with Crippen molar-refractivity contribution in [3.8, 4) is 0 Å². The smallest absolute Gasteiger partial charge is 0.154 e. The van der Waals surface area contributed by atoms with Gasteiger partial charge in [0.25, 0.3) is 0 Å². The fraction of sp³-hybridized carbons (Fsp3) is 0.360. The first-order valence-electron chi connectivity index (χ1n) is 10.7. The third-order valence-electron chi connectivity index (χ3n) is 5.91. The summed E-state index contributed by atoms with van der Waals surface area (Å²) in [7, 11) is 0. The van der Waals surface area contributed by atoms with Crippen molar-refractivity contribution in [1.82, 2.24) is 9.97 Å². The average molecular weight is 387 g/mol. The highest BCUT2D eigenvalue weighted by Crippen LogP contribution is 2.29. The highest BCUT2D eigenvalue weighted by molar-refractivity contribution is 5.90. The molecule has 1 aromatic heterocycles. The van der Waals surface area contributed by atoms with E-state index < -0.39 is 0 Å². The third-order valence-corrected chi connectivity index (χ3v) is 5.91. The van der Waals surface area contributed by atoms with Crippen molar-refractivity contribution in [3.05, 3.63) is 65.5 Å². The zero-order valence-electron chi connectivity index (χ0n) is 17.1. The molecule has 0 radical (unpaired) electrons.